The van der Waals surface area contributed by atoms with E-state index in [-0.39, 0.29) is 0 Å². The predicted molar refractivity (Wildman–Crippen MR) is 80.7 cm³/mol. The number of aromatic nitrogens is 1. The largest absolute Gasteiger partial charge is 0.370 e. The maximum absolute atomic E-state index is 12.0. The fourth-order valence-electron chi connectivity index (χ4n) is 2.26. The second-order valence-electron chi connectivity index (χ2n) is 5.09. The third kappa shape index (κ3) is 3.71. The van der Waals surface area contributed by atoms with Crippen LogP contribution in [0.25, 0.3) is 0 Å². The first-order valence-electron chi connectivity index (χ1n) is 7.42. The Morgan fingerprint density at radius 1 is 1.14 bits per heavy atom. The minimum absolute atomic E-state index is 0.405. The van der Waals surface area contributed by atoms with Crippen molar-refractivity contribution in [3.05, 3.63) is 23.9 Å². The van der Waals surface area contributed by atoms with Crippen LogP contribution in [0.2, 0.25) is 0 Å². The molecule has 1 aliphatic heterocycles. The van der Waals surface area contributed by atoms with Crippen LogP contribution in [0.5, 0.6) is 0 Å². The highest BCUT2D eigenvalue weighted by molar-refractivity contribution is 6.35. The smallest absolute Gasteiger partial charge is 0.312 e. The molecule has 6 heteroatoms. The van der Waals surface area contributed by atoms with E-state index in [4.69, 9.17) is 0 Å². The normalized spacial score (nSPS) is 15.5. The third-order valence-corrected chi connectivity index (χ3v) is 3.53. The molecule has 2 heterocycles. The van der Waals surface area contributed by atoms with Crippen molar-refractivity contribution < 1.29 is 9.59 Å². The second-order valence-corrected chi connectivity index (χ2v) is 5.09. The highest BCUT2D eigenvalue weighted by Crippen LogP contribution is 2.11. The maximum atomic E-state index is 12.0. The van der Waals surface area contributed by atoms with Crippen LogP contribution in [-0.4, -0.2) is 52.8 Å². The summed E-state index contributed by atoms with van der Waals surface area (Å²) in [5, 5.41) is 3.20. The minimum Gasteiger partial charge on any atom is -0.370 e. The van der Waals surface area contributed by atoms with E-state index >= 15 is 0 Å². The van der Waals surface area contributed by atoms with E-state index in [2.05, 4.69) is 17.2 Å². The van der Waals surface area contributed by atoms with Gasteiger partial charge in [-0.25, -0.2) is 4.98 Å². The Labute approximate surface area is 125 Å². The molecule has 0 unspecified atom stereocenters. The first-order valence-corrected chi connectivity index (χ1v) is 7.42. The van der Waals surface area contributed by atoms with Gasteiger partial charge in [0.15, 0.2) is 0 Å². The summed E-state index contributed by atoms with van der Waals surface area (Å²) in [7, 11) is 0. The van der Waals surface area contributed by atoms with E-state index in [9.17, 15) is 9.59 Å². The number of hydrogen-bond acceptors (Lipinski definition) is 4. The van der Waals surface area contributed by atoms with Gasteiger partial charge in [-0.1, -0.05) is 13.0 Å². The van der Waals surface area contributed by atoms with Crippen LogP contribution in [0, 0.1) is 0 Å². The SMILES string of the molecule is CCCNc1ccc(CN2CCN(CC)C(=O)C2=O)cn1. The number of carbonyl (C=O) groups excluding carboxylic acids is 2. The van der Waals surface area contributed by atoms with Crippen molar-refractivity contribution in [2.75, 3.05) is 31.5 Å². The van der Waals surface area contributed by atoms with Gasteiger partial charge in [0.25, 0.3) is 0 Å². The first-order chi connectivity index (χ1) is 10.2. The van der Waals surface area contributed by atoms with E-state index in [1.165, 1.54) is 0 Å². The molecule has 1 saturated heterocycles. The molecule has 1 fully saturated rings. The zero-order valence-electron chi connectivity index (χ0n) is 12.6. The van der Waals surface area contributed by atoms with Crippen LogP contribution in [0.1, 0.15) is 25.8 Å². The van der Waals surface area contributed by atoms with Gasteiger partial charge in [-0.05, 0) is 25.0 Å². The summed E-state index contributed by atoms with van der Waals surface area (Å²) in [4.78, 5) is 31.3. The van der Waals surface area contributed by atoms with E-state index in [1.807, 2.05) is 19.1 Å². The number of nitrogens with zero attached hydrogens (tertiary/aromatic N) is 3. The van der Waals surface area contributed by atoms with Gasteiger partial charge < -0.3 is 15.1 Å². The highest BCUT2D eigenvalue weighted by atomic mass is 16.2. The van der Waals surface area contributed by atoms with Crippen molar-refractivity contribution in [2.24, 2.45) is 0 Å². The van der Waals surface area contributed by atoms with Gasteiger partial charge in [-0.2, -0.15) is 0 Å². The molecule has 1 aromatic heterocycles. The monoisotopic (exact) mass is 290 g/mol. The average molecular weight is 290 g/mol. The fourth-order valence-corrected chi connectivity index (χ4v) is 2.26. The Morgan fingerprint density at radius 3 is 2.48 bits per heavy atom. The van der Waals surface area contributed by atoms with Crippen molar-refractivity contribution in [3.8, 4) is 0 Å². The van der Waals surface area contributed by atoms with Crippen LogP contribution in [0.15, 0.2) is 18.3 Å². The Balaban J connectivity index is 1.95. The van der Waals surface area contributed by atoms with Crippen molar-refractivity contribution in [3.63, 3.8) is 0 Å². The summed E-state index contributed by atoms with van der Waals surface area (Å²) in [6.07, 6.45) is 2.80. The summed E-state index contributed by atoms with van der Waals surface area (Å²) in [6, 6.07) is 3.84. The summed E-state index contributed by atoms with van der Waals surface area (Å²) in [6.45, 7) is 7.06. The quantitative estimate of drug-likeness (QED) is 0.797. The second kappa shape index (κ2) is 7.06. The van der Waals surface area contributed by atoms with Gasteiger partial charge in [0, 0.05) is 38.9 Å². The number of rotatable bonds is 6. The molecule has 6 nitrogen and oxygen atoms in total. The van der Waals surface area contributed by atoms with Crippen molar-refractivity contribution in [2.45, 2.75) is 26.8 Å². The van der Waals surface area contributed by atoms with E-state index < -0.39 is 11.8 Å². The molecule has 0 aliphatic carbocycles. The van der Waals surface area contributed by atoms with Crippen LogP contribution in [0.4, 0.5) is 5.82 Å². The number of likely N-dealkylation sites (N-methyl/N-ethyl adjacent to an activating group) is 1. The molecule has 0 spiro atoms. The lowest BCUT2D eigenvalue weighted by Gasteiger charge is -2.33. The Bertz CT molecular complexity index is 501. The topological polar surface area (TPSA) is 65.5 Å². The number of amides is 2. The molecule has 1 aromatic rings. The standard InChI is InChI=1S/C15H22N4O2/c1-3-7-16-13-6-5-12(10-17-13)11-19-9-8-18(4-2)14(20)15(19)21/h5-6,10H,3-4,7-9,11H2,1-2H3,(H,16,17). The summed E-state index contributed by atoms with van der Waals surface area (Å²) in [5.41, 5.74) is 0.933. The molecule has 0 aromatic carbocycles. The van der Waals surface area contributed by atoms with Gasteiger partial charge in [0.2, 0.25) is 0 Å². The maximum Gasteiger partial charge on any atom is 0.312 e. The molecule has 21 heavy (non-hydrogen) atoms. The molecule has 0 saturated carbocycles. The van der Waals surface area contributed by atoms with Gasteiger partial charge in [0.05, 0.1) is 0 Å². The molecule has 0 bridgehead atoms. The molecule has 0 radical (unpaired) electrons. The summed E-state index contributed by atoms with van der Waals surface area (Å²) in [5.74, 6) is 0.00744. The Hall–Kier alpha value is -2.11. The Kier molecular flexibility index (Phi) is 5.14. The molecule has 2 amide bonds. The average Bonchev–Trinajstić information content (AvgIpc) is 2.51. The molecular formula is C15H22N4O2. The summed E-state index contributed by atoms with van der Waals surface area (Å²) >= 11 is 0. The number of hydrogen-bond donors (Lipinski definition) is 1. The zero-order valence-corrected chi connectivity index (χ0v) is 12.6. The lowest BCUT2D eigenvalue weighted by Crippen LogP contribution is -2.53. The van der Waals surface area contributed by atoms with Gasteiger partial charge in [0.1, 0.15) is 5.82 Å². The van der Waals surface area contributed by atoms with Crippen molar-refractivity contribution in [1.82, 2.24) is 14.8 Å². The predicted octanol–water partition coefficient (Wildman–Crippen LogP) is 1.09. The Morgan fingerprint density at radius 2 is 1.86 bits per heavy atom. The fraction of sp³-hybridized carbons (Fsp3) is 0.533. The van der Waals surface area contributed by atoms with Crippen LogP contribution in [-0.2, 0) is 16.1 Å². The number of carbonyl (C=O) groups is 2. The van der Waals surface area contributed by atoms with E-state index in [0.717, 1.165) is 24.3 Å². The lowest BCUT2D eigenvalue weighted by atomic mass is 10.2. The zero-order chi connectivity index (χ0) is 15.2. The molecule has 0 atom stereocenters. The van der Waals surface area contributed by atoms with Crippen LogP contribution >= 0.6 is 0 Å². The van der Waals surface area contributed by atoms with Crippen LogP contribution < -0.4 is 5.32 Å². The number of pyridine rings is 1. The van der Waals surface area contributed by atoms with E-state index in [0.29, 0.717) is 26.2 Å². The number of nitrogens with one attached hydrogen (secondary N) is 1. The van der Waals surface area contributed by atoms with Gasteiger partial charge in [-0.3, -0.25) is 9.59 Å². The molecule has 1 aliphatic rings. The van der Waals surface area contributed by atoms with Crippen molar-refractivity contribution in [1.29, 1.82) is 0 Å². The number of anilines is 1. The number of piperazine rings is 1. The highest BCUT2D eigenvalue weighted by Gasteiger charge is 2.31. The van der Waals surface area contributed by atoms with Gasteiger partial charge in [-0.15, -0.1) is 0 Å². The molecule has 1 N–H and O–H groups in total. The van der Waals surface area contributed by atoms with E-state index in [1.54, 1.807) is 16.0 Å². The van der Waals surface area contributed by atoms with Crippen LogP contribution in [0.3, 0.4) is 0 Å². The van der Waals surface area contributed by atoms with Crippen molar-refractivity contribution >= 4 is 17.6 Å². The van der Waals surface area contributed by atoms with Gasteiger partial charge >= 0.3 is 11.8 Å². The minimum atomic E-state index is -0.420. The molecule has 114 valence electrons. The molecule has 2 rings (SSSR count). The lowest BCUT2D eigenvalue weighted by molar-refractivity contribution is -0.156. The third-order valence-electron chi connectivity index (χ3n) is 3.53. The molecular weight excluding hydrogens is 268 g/mol. The summed E-state index contributed by atoms with van der Waals surface area (Å²) < 4.78 is 0. The first kappa shape index (κ1) is 15.3.